The average molecular weight is 378 g/mol. The highest BCUT2D eigenvalue weighted by atomic mass is 79.9. The summed E-state index contributed by atoms with van der Waals surface area (Å²) in [6, 6.07) is 5.93. The monoisotopic (exact) mass is 377 g/mol. The molecule has 0 radical (unpaired) electrons. The van der Waals surface area contributed by atoms with Gasteiger partial charge in [0.1, 0.15) is 12.4 Å². The van der Waals surface area contributed by atoms with Gasteiger partial charge in [0.25, 0.3) is 0 Å². The van der Waals surface area contributed by atoms with Crippen LogP contribution in [0.1, 0.15) is 38.8 Å². The molecule has 4 nitrogen and oxygen atoms in total. The van der Waals surface area contributed by atoms with E-state index in [1.54, 1.807) is 0 Å². The van der Waals surface area contributed by atoms with Crippen LogP contribution in [0.15, 0.2) is 22.7 Å². The second-order valence-electron chi connectivity index (χ2n) is 4.96. The molecule has 1 aromatic rings. The lowest BCUT2D eigenvalue weighted by Crippen LogP contribution is -2.20. The van der Waals surface area contributed by atoms with Crippen LogP contribution in [0.4, 0.5) is 0 Å². The fourth-order valence-electron chi connectivity index (χ4n) is 2.10. The van der Waals surface area contributed by atoms with E-state index in [2.05, 4.69) is 28.2 Å². The highest BCUT2D eigenvalue weighted by Crippen LogP contribution is 2.28. The fraction of sp³-hybridized carbons (Fsp3) is 0.600. The summed E-state index contributed by atoms with van der Waals surface area (Å²) in [5, 5.41) is 3.34. The van der Waals surface area contributed by atoms with E-state index < -0.39 is 9.84 Å². The lowest BCUT2D eigenvalue weighted by Gasteiger charge is -2.18. The van der Waals surface area contributed by atoms with Gasteiger partial charge in [-0.2, -0.15) is 0 Å². The highest BCUT2D eigenvalue weighted by molar-refractivity contribution is 9.10. The summed E-state index contributed by atoms with van der Waals surface area (Å²) in [5.74, 6) is 1.02. The molecule has 1 N–H and O–H groups in total. The molecule has 0 spiro atoms. The molecule has 6 heteroatoms. The molecule has 0 bridgehead atoms. The number of hydrogen-bond donors (Lipinski definition) is 1. The molecule has 0 aliphatic heterocycles. The van der Waals surface area contributed by atoms with Gasteiger partial charge < -0.3 is 10.1 Å². The van der Waals surface area contributed by atoms with Crippen LogP contribution in [0.2, 0.25) is 0 Å². The van der Waals surface area contributed by atoms with Gasteiger partial charge in [-0.1, -0.05) is 29.8 Å². The van der Waals surface area contributed by atoms with E-state index >= 15 is 0 Å². The first-order valence-electron chi connectivity index (χ1n) is 7.25. The zero-order chi connectivity index (χ0) is 15.9. The quantitative estimate of drug-likeness (QED) is 0.716. The Morgan fingerprint density at radius 1 is 1.29 bits per heavy atom. The summed E-state index contributed by atoms with van der Waals surface area (Å²) in [6.07, 6.45) is 0.642. The zero-order valence-electron chi connectivity index (χ0n) is 12.9. The van der Waals surface area contributed by atoms with Crippen molar-refractivity contribution in [1.82, 2.24) is 5.32 Å². The van der Waals surface area contributed by atoms with Crippen LogP contribution in [0.25, 0.3) is 0 Å². The standard InChI is InChI=1S/C15H24BrNO3S/c1-4-9-21(18,19)10-8-20-15-7-6-13(16)11-14(15)12(3)17-5-2/h6-7,11-12,17H,4-5,8-10H2,1-3H3. The van der Waals surface area contributed by atoms with E-state index in [1.807, 2.05) is 32.0 Å². The number of benzene rings is 1. The van der Waals surface area contributed by atoms with Crippen molar-refractivity contribution in [1.29, 1.82) is 0 Å². The van der Waals surface area contributed by atoms with Gasteiger partial charge in [0, 0.05) is 16.1 Å². The third-order valence-electron chi connectivity index (χ3n) is 3.12. The molecule has 0 aliphatic carbocycles. The van der Waals surface area contributed by atoms with Crippen molar-refractivity contribution in [2.45, 2.75) is 33.2 Å². The third-order valence-corrected chi connectivity index (χ3v) is 5.43. The Kier molecular flexibility index (Phi) is 7.70. The molecule has 1 atom stereocenters. The molecule has 0 saturated carbocycles. The minimum atomic E-state index is -3.00. The summed E-state index contributed by atoms with van der Waals surface area (Å²) in [5.41, 5.74) is 1.03. The summed E-state index contributed by atoms with van der Waals surface area (Å²) in [7, 11) is -3.00. The van der Waals surface area contributed by atoms with E-state index in [4.69, 9.17) is 4.74 Å². The number of sulfone groups is 1. The van der Waals surface area contributed by atoms with Crippen molar-refractivity contribution in [3.05, 3.63) is 28.2 Å². The van der Waals surface area contributed by atoms with Crippen molar-refractivity contribution in [3.63, 3.8) is 0 Å². The Hall–Kier alpha value is -0.590. The fourth-order valence-corrected chi connectivity index (χ4v) is 3.64. The number of nitrogens with one attached hydrogen (secondary N) is 1. The molecule has 1 aromatic carbocycles. The van der Waals surface area contributed by atoms with Crippen LogP contribution >= 0.6 is 15.9 Å². The normalized spacial score (nSPS) is 13.1. The van der Waals surface area contributed by atoms with E-state index in [-0.39, 0.29) is 24.2 Å². The number of rotatable bonds is 9. The third kappa shape index (κ3) is 6.36. The molecule has 0 aliphatic rings. The maximum Gasteiger partial charge on any atom is 0.153 e. The number of hydrogen-bond acceptors (Lipinski definition) is 4. The maximum atomic E-state index is 11.7. The first-order chi connectivity index (χ1) is 9.89. The topological polar surface area (TPSA) is 55.4 Å². The van der Waals surface area contributed by atoms with Gasteiger partial charge in [0.15, 0.2) is 9.84 Å². The maximum absolute atomic E-state index is 11.7. The Morgan fingerprint density at radius 3 is 2.62 bits per heavy atom. The summed E-state index contributed by atoms with van der Waals surface area (Å²) in [4.78, 5) is 0. The Bertz CT molecular complexity index is 546. The zero-order valence-corrected chi connectivity index (χ0v) is 15.3. The first kappa shape index (κ1) is 18.5. The number of ether oxygens (including phenoxy) is 1. The molecule has 0 aromatic heterocycles. The van der Waals surface area contributed by atoms with E-state index in [0.717, 1.165) is 22.3 Å². The van der Waals surface area contributed by atoms with Crippen molar-refractivity contribution in [3.8, 4) is 5.75 Å². The van der Waals surface area contributed by atoms with Gasteiger partial charge in [-0.25, -0.2) is 8.42 Å². The van der Waals surface area contributed by atoms with Crippen LogP contribution in [0, 0.1) is 0 Å². The lowest BCUT2D eigenvalue weighted by molar-refractivity contribution is 0.333. The van der Waals surface area contributed by atoms with Crippen LogP contribution in [-0.2, 0) is 9.84 Å². The summed E-state index contributed by atoms with van der Waals surface area (Å²) >= 11 is 3.46. The molecule has 1 unspecified atom stereocenters. The predicted octanol–water partition coefficient (Wildman–Crippen LogP) is 3.32. The van der Waals surface area contributed by atoms with Gasteiger partial charge in [-0.15, -0.1) is 0 Å². The highest BCUT2D eigenvalue weighted by Gasteiger charge is 2.14. The molecule has 21 heavy (non-hydrogen) atoms. The molecule has 0 heterocycles. The molecule has 1 rings (SSSR count). The number of halogens is 1. The molecular formula is C15H24BrNO3S. The van der Waals surface area contributed by atoms with E-state index in [1.165, 1.54) is 0 Å². The van der Waals surface area contributed by atoms with Gasteiger partial charge in [-0.05, 0) is 38.1 Å². The Labute approximate surface area is 136 Å². The second kappa shape index (κ2) is 8.76. The van der Waals surface area contributed by atoms with Crippen molar-refractivity contribution in [2.75, 3.05) is 24.7 Å². The Morgan fingerprint density at radius 2 is 2.00 bits per heavy atom. The van der Waals surface area contributed by atoms with Crippen molar-refractivity contribution < 1.29 is 13.2 Å². The van der Waals surface area contributed by atoms with E-state index in [9.17, 15) is 8.42 Å². The first-order valence-corrected chi connectivity index (χ1v) is 9.87. The van der Waals surface area contributed by atoms with Gasteiger partial charge in [0.2, 0.25) is 0 Å². The molecule has 0 amide bonds. The SMILES string of the molecule is CCCS(=O)(=O)CCOc1ccc(Br)cc1C(C)NCC. The molecule has 120 valence electrons. The molecule has 0 fully saturated rings. The Balaban J connectivity index is 2.74. The predicted molar refractivity (Wildman–Crippen MR) is 90.7 cm³/mol. The van der Waals surface area contributed by atoms with Crippen molar-refractivity contribution >= 4 is 25.8 Å². The van der Waals surface area contributed by atoms with Gasteiger partial charge >= 0.3 is 0 Å². The van der Waals surface area contributed by atoms with E-state index in [0.29, 0.717) is 6.42 Å². The van der Waals surface area contributed by atoms with Crippen LogP contribution in [0.5, 0.6) is 5.75 Å². The van der Waals surface area contributed by atoms with Crippen LogP contribution in [0.3, 0.4) is 0 Å². The van der Waals surface area contributed by atoms with Crippen LogP contribution in [-0.4, -0.2) is 33.1 Å². The largest absolute Gasteiger partial charge is 0.492 e. The average Bonchev–Trinajstić information content (AvgIpc) is 2.40. The lowest BCUT2D eigenvalue weighted by atomic mass is 10.1. The summed E-state index contributed by atoms with van der Waals surface area (Å²) in [6.45, 7) is 7.02. The molecular weight excluding hydrogens is 354 g/mol. The second-order valence-corrected chi connectivity index (χ2v) is 8.18. The minimum absolute atomic E-state index is 0.0614. The smallest absolute Gasteiger partial charge is 0.153 e. The van der Waals surface area contributed by atoms with Crippen molar-refractivity contribution in [2.24, 2.45) is 0 Å². The van der Waals surface area contributed by atoms with Gasteiger partial charge in [-0.3, -0.25) is 0 Å². The van der Waals surface area contributed by atoms with Crippen LogP contribution < -0.4 is 10.1 Å². The minimum Gasteiger partial charge on any atom is -0.492 e. The molecule has 0 saturated heterocycles. The van der Waals surface area contributed by atoms with Gasteiger partial charge in [0.05, 0.1) is 11.5 Å². The summed E-state index contributed by atoms with van der Waals surface area (Å²) < 4.78 is 30.1.